The molecule has 24 heavy (non-hydrogen) atoms. The Morgan fingerprint density at radius 2 is 1.58 bits per heavy atom. The first-order valence-electron chi connectivity index (χ1n) is 7.39. The molecule has 0 saturated heterocycles. The Balaban J connectivity index is 3.08. The van der Waals surface area contributed by atoms with Gasteiger partial charge in [0, 0.05) is 0 Å². The summed E-state index contributed by atoms with van der Waals surface area (Å²) in [4.78, 5) is 0. The van der Waals surface area contributed by atoms with E-state index in [1.54, 1.807) is 6.07 Å². The van der Waals surface area contributed by atoms with Gasteiger partial charge in [-0.2, -0.15) is 30.7 Å². The van der Waals surface area contributed by atoms with Gasteiger partial charge in [0.05, 0.1) is 12.0 Å². The second-order valence-corrected chi connectivity index (χ2v) is 6.03. The second kappa shape index (κ2) is 6.90. The van der Waals surface area contributed by atoms with E-state index in [0.717, 1.165) is 19.8 Å². The quantitative estimate of drug-likeness (QED) is 0.640. The van der Waals surface area contributed by atoms with Gasteiger partial charge in [-0.1, -0.05) is 37.6 Å². The van der Waals surface area contributed by atoms with E-state index in [9.17, 15) is 35.8 Å². The molecular formula is C16H19F7O. The van der Waals surface area contributed by atoms with Crippen LogP contribution in [0, 0.1) is 0 Å². The van der Waals surface area contributed by atoms with Gasteiger partial charge < -0.3 is 5.11 Å². The summed E-state index contributed by atoms with van der Waals surface area (Å²) in [5, 5.41) is 10.1. The number of aryl methyl sites for hydroxylation is 1. The molecule has 0 fully saturated rings. The van der Waals surface area contributed by atoms with E-state index in [-0.39, 0.29) is 5.56 Å². The highest BCUT2D eigenvalue weighted by atomic mass is 19.4. The zero-order valence-electron chi connectivity index (χ0n) is 13.2. The third kappa shape index (κ3) is 4.40. The Bertz CT molecular complexity index is 550. The molecule has 0 radical (unpaired) electrons. The van der Waals surface area contributed by atoms with Crippen LogP contribution in [-0.4, -0.2) is 23.1 Å². The summed E-state index contributed by atoms with van der Waals surface area (Å²) >= 11 is 0. The summed E-state index contributed by atoms with van der Waals surface area (Å²) in [5.74, 6) is -11.7. The molecule has 1 atom stereocenters. The van der Waals surface area contributed by atoms with E-state index in [1.165, 1.54) is 18.2 Å². The molecule has 1 N–H and O–H groups in total. The van der Waals surface area contributed by atoms with Gasteiger partial charge in [0.1, 0.15) is 0 Å². The Hall–Kier alpha value is -1.31. The van der Waals surface area contributed by atoms with Crippen LogP contribution in [0.4, 0.5) is 30.7 Å². The van der Waals surface area contributed by atoms with E-state index >= 15 is 0 Å². The van der Waals surface area contributed by atoms with Crippen LogP contribution >= 0.6 is 0 Å². The van der Waals surface area contributed by atoms with Crippen molar-refractivity contribution < 1.29 is 35.8 Å². The minimum absolute atomic E-state index is 0.131. The van der Waals surface area contributed by atoms with Crippen LogP contribution in [0.1, 0.15) is 44.2 Å². The minimum Gasteiger partial charge on any atom is -0.385 e. The lowest BCUT2D eigenvalue weighted by Crippen LogP contribution is -2.54. The first-order valence-corrected chi connectivity index (χ1v) is 7.39. The minimum atomic E-state index is -6.41. The monoisotopic (exact) mass is 360 g/mol. The van der Waals surface area contributed by atoms with Crippen molar-refractivity contribution in [3.63, 3.8) is 0 Å². The van der Waals surface area contributed by atoms with Gasteiger partial charge in [-0.15, -0.1) is 0 Å². The Labute approximate surface area is 135 Å². The van der Waals surface area contributed by atoms with Gasteiger partial charge in [-0.25, -0.2) is 0 Å². The maximum atomic E-state index is 13.6. The van der Waals surface area contributed by atoms with E-state index in [0.29, 0.717) is 12.0 Å². The first-order chi connectivity index (χ1) is 10.7. The van der Waals surface area contributed by atoms with E-state index in [1.807, 2.05) is 6.92 Å². The summed E-state index contributed by atoms with van der Waals surface area (Å²) in [6.45, 7) is 2.73. The van der Waals surface area contributed by atoms with Crippen molar-refractivity contribution in [3.05, 3.63) is 35.4 Å². The van der Waals surface area contributed by atoms with E-state index < -0.39 is 30.0 Å². The van der Waals surface area contributed by atoms with Crippen LogP contribution in [0.15, 0.2) is 24.3 Å². The highest BCUT2D eigenvalue weighted by molar-refractivity contribution is 5.28. The smallest absolute Gasteiger partial charge is 0.385 e. The maximum absolute atomic E-state index is 13.6. The molecule has 8 heteroatoms. The van der Waals surface area contributed by atoms with Crippen molar-refractivity contribution in [2.45, 2.75) is 63.2 Å². The lowest BCUT2D eigenvalue weighted by Gasteiger charge is -2.34. The molecule has 0 aliphatic heterocycles. The van der Waals surface area contributed by atoms with Crippen molar-refractivity contribution in [1.82, 2.24) is 0 Å². The molecule has 0 bridgehead atoms. The first kappa shape index (κ1) is 20.7. The average Bonchev–Trinajstić information content (AvgIpc) is 2.43. The lowest BCUT2D eigenvalue weighted by molar-refractivity contribution is -0.361. The average molecular weight is 360 g/mol. The maximum Gasteiger partial charge on any atom is 0.459 e. The van der Waals surface area contributed by atoms with Gasteiger partial charge in [-0.3, -0.25) is 0 Å². The highest BCUT2D eigenvalue weighted by Crippen LogP contribution is 2.50. The summed E-state index contributed by atoms with van der Waals surface area (Å²) in [6, 6.07) is 5.67. The molecule has 1 aromatic carbocycles. The molecule has 0 heterocycles. The predicted molar refractivity (Wildman–Crippen MR) is 75.2 cm³/mol. The number of benzene rings is 1. The second-order valence-electron chi connectivity index (χ2n) is 6.03. The fourth-order valence-electron chi connectivity index (χ4n) is 2.30. The molecule has 0 aliphatic carbocycles. The van der Waals surface area contributed by atoms with Gasteiger partial charge >= 0.3 is 18.0 Å². The Morgan fingerprint density at radius 1 is 1.00 bits per heavy atom. The third-order valence-electron chi connectivity index (χ3n) is 3.75. The number of hydrogen-bond donors (Lipinski definition) is 1. The highest BCUT2D eigenvalue weighted by Gasteiger charge is 2.73. The van der Waals surface area contributed by atoms with Crippen LogP contribution in [-0.2, 0) is 12.0 Å². The fraction of sp³-hybridized carbons (Fsp3) is 0.625. The van der Waals surface area contributed by atoms with Gasteiger partial charge in [0.2, 0.25) is 0 Å². The molecule has 0 amide bonds. The molecule has 1 nitrogen and oxygen atoms in total. The number of hydrogen-bond acceptors (Lipinski definition) is 1. The fourth-order valence-corrected chi connectivity index (χ4v) is 2.30. The van der Waals surface area contributed by atoms with Crippen molar-refractivity contribution in [2.24, 2.45) is 0 Å². The van der Waals surface area contributed by atoms with Gasteiger partial charge in [-0.05, 0) is 30.9 Å². The van der Waals surface area contributed by atoms with Crippen molar-refractivity contribution >= 4 is 0 Å². The van der Waals surface area contributed by atoms with Gasteiger partial charge in [0.25, 0.3) is 0 Å². The number of alkyl halides is 7. The van der Waals surface area contributed by atoms with Crippen LogP contribution in [0.25, 0.3) is 0 Å². The molecule has 0 saturated carbocycles. The molecule has 0 spiro atoms. The normalized spacial score (nSPS) is 16.1. The van der Waals surface area contributed by atoms with Crippen molar-refractivity contribution in [1.29, 1.82) is 0 Å². The number of aliphatic hydroxyl groups is 1. The summed E-state index contributed by atoms with van der Waals surface area (Å²) in [7, 11) is 0. The van der Waals surface area contributed by atoms with Crippen LogP contribution in [0.3, 0.4) is 0 Å². The van der Waals surface area contributed by atoms with E-state index in [2.05, 4.69) is 0 Å². The molecule has 0 aliphatic rings. The Morgan fingerprint density at radius 3 is 2.08 bits per heavy atom. The molecule has 138 valence electrons. The SMILES string of the molecule is CCCCc1cccc(C(C)(O)CC(F)(F)C(F)(F)C(F)(F)F)c1. The molecular weight excluding hydrogens is 341 g/mol. The topological polar surface area (TPSA) is 20.2 Å². The standard InChI is InChI=1S/C16H19F7O/c1-3-4-6-11-7-5-8-12(9-11)13(2,24)10-14(17,18)15(19,20)16(21,22)23/h5,7-9,24H,3-4,6,10H2,1-2H3. The predicted octanol–water partition coefficient (Wildman–Crippen LogP) is 5.46. The molecule has 0 aromatic heterocycles. The summed E-state index contributed by atoms with van der Waals surface area (Å²) < 4.78 is 89.7. The van der Waals surface area contributed by atoms with Gasteiger partial charge in [0.15, 0.2) is 0 Å². The van der Waals surface area contributed by atoms with Crippen molar-refractivity contribution in [2.75, 3.05) is 0 Å². The summed E-state index contributed by atoms with van der Waals surface area (Å²) in [6.07, 6.45) is -6.24. The number of unbranched alkanes of at least 4 members (excludes halogenated alkanes) is 1. The van der Waals surface area contributed by atoms with Crippen LogP contribution in [0.2, 0.25) is 0 Å². The van der Waals surface area contributed by atoms with Crippen LogP contribution in [0.5, 0.6) is 0 Å². The Kier molecular flexibility index (Phi) is 5.96. The lowest BCUT2D eigenvalue weighted by atomic mass is 9.86. The molecule has 1 aromatic rings. The summed E-state index contributed by atoms with van der Waals surface area (Å²) in [5.41, 5.74) is -1.99. The molecule has 1 rings (SSSR count). The number of rotatable bonds is 7. The zero-order chi connectivity index (χ0) is 18.8. The molecule has 1 unspecified atom stereocenters. The largest absolute Gasteiger partial charge is 0.459 e. The van der Waals surface area contributed by atoms with Crippen LogP contribution < -0.4 is 0 Å². The van der Waals surface area contributed by atoms with E-state index in [4.69, 9.17) is 0 Å². The van der Waals surface area contributed by atoms with Crippen molar-refractivity contribution in [3.8, 4) is 0 Å². The number of halogens is 7. The zero-order valence-corrected chi connectivity index (χ0v) is 13.2. The third-order valence-corrected chi connectivity index (χ3v) is 3.75.